The molecule has 4 heteroatoms. The predicted octanol–water partition coefficient (Wildman–Crippen LogP) is 2.65. The van der Waals surface area contributed by atoms with E-state index in [2.05, 4.69) is 5.32 Å². The minimum absolute atomic E-state index is 0.0683. The van der Waals surface area contributed by atoms with E-state index >= 15 is 0 Å². The minimum atomic E-state index is -0.271. The second kappa shape index (κ2) is 6.66. The minimum Gasteiger partial charge on any atom is -0.381 e. The molecule has 0 atom stereocenters. The van der Waals surface area contributed by atoms with Crippen LogP contribution in [0.1, 0.15) is 31.2 Å². The molecule has 1 amide bonds. The van der Waals surface area contributed by atoms with Gasteiger partial charge in [-0.1, -0.05) is 12.1 Å². The molecule has 0 saturated heterocycles. The number of carbonyl (C=O) groups is 1. The van der Waals surface area contributed by atoms with Gasteiger partial charge in [0.2, 0.25) is 5.91 Å². The highest BCUT2D eigenvalue weighted by atomic mass is 19.1. The van der Waals surface area contributed by atoms with Crippen LogP contribution >= 0.6 is 0 Å². The molecule has 0 aliphatic heterocycles. The van der Waals surface area contributed by atoms with Gasteiger partial charge in [-0.05, 0) is 43.4 Å². The Balaban J connectivity index is 1.79. The highest BCUT2D eigenvalue weighted by Crippen LogP contribution is 2.25. The van der Waals surface area contributed by atoms with E-state index in [9.17, 15) is 9.18 Å². The second-order valence-electron chi connectivity index (χ2n) is 5.06. The normalized spacial score (nSPS) is 23.1. The lowest BCUT2D eigenvalue weighted by atomic mass is 9.87. The van der Waals surface area contributed by atoms with Crippen LogP contribution in [0.3, 0.4) is 0 Å². The monoisotopic (exact) mass is 265 g/mol. The number of rotatable bonds is 4. The van der Waals surface area contributed by atoms with Crippen molar-refractivity contribution in [3.63, 3.8) is 0 Å². The number of amides is 1. The van der Waals surface area contributed by atoms with Gasteiger partial charge in [0.25, 0.3) is 0 Å². The summed E-state index contributed by atoms with van der Waals surface area (Å²) in [5.74, 6) is -0.133. The highest BCUT2D eigenvalue weighted by Gasteiger charge is 2.25. The van der Waals surface area contributed by atoms with Crippen LogP contribution in [0, 0.1) is 11.7 Å². The molecule has 0 spiro atoms. The summed E-state index contributed by atoms with van der Waals surface area (Å²) < 4.78 is 18.3. The van der Waals surface area contributed by atoms with Gasteiger partial charge >= 0.3 is 0 Å². The number of methoxy groups -OCH3 is 1. The quantitative estimate of drug-likeness (QED) is 0.909. The zero-order valence-corrected chi connectivity index (χ0v) is 11.2. The number of benzene rings is 1. The van der Waals surface area contributed by atoms with Crippen LogP contribution in [0.5, 0.6) is 0 Å². The fourth-order valence-electron chi connectivity index (χ4n) is 2.54. The Morgan fingerprint density at radius 1 is 1.37 bits per heavy atom. The van der Waals surface area contributed by atoms with E-state index in [0.29, 0.717) is 12.6 Å². The van der Waals surface area contributed by atoms with Gasteiger partial charge in [0, 0.05) is 19.6 Å². The zero-order chi connectivity index (χ0) is 13.7. The largest absolute Gasteiger partial charge is 0.381 e. The van der Waals surface area contributed by atoms with Gasteiger partial charge in [-0.2, -0.15) is 0 Å². The molecule has 0 radical (unpaired) electrons. The average Bonchev–Trinajstić information content (AvgIpc) is 2.45. The molecule has 0 aromatic heterocycles. The second-order valence-corrected chi connectivity index (χ2v) is 5.06. The van der Waals surface area contributed by atoms with Gasteiger partial charge in [-0.25, -0.2) is 4.39 Å². The summed E-state index contributed by atoms with van der Waals surface area (Å²) in [4.78, 5) is 12.0. The molecule has 0 bridgehead atoms. The number of ether oxygens (including phenoxy) is 1. The summed E-state index contributed by atoms with van der Waals surface area (Å²) in [6, 6.07) is 6.31. The molecule has 1 fully saturated rings. The Morgan fingerprint density at radius 2 is 2.11 bits per heavy atom. The number of nitrogens with one attached hydrogen (secondary N) is 1. The van der Waals surface area contributed by atoms with E-state index in [4.69, 9.17) is 4.74 Å². The molecule has 0 heterocycles. The Bertz CT molecular complexity index is 428. The third kappa shape index (κ3) is 4.03. The maximum absolute atomic E-state index is 13.0. The first-order valence-electron chi connectivity index (χ1n) is 6.74. The Labute approximate surface area is 113 Å². The molecular weight excluding hydrogens is 245 g/mol. The van der Waals surface area contributed by atoms with Crippen LogP contribution in [0.15, 0.2) is 24.3 Å². The van der Waals surface area contributed by atoms with Crippen molar-refractivity contribution in [2.75, 3.05) is 7.11 Å². The maximum atomic E-state index is 13.0. The number of hydrogen-bond donors (Lipinski definition) is 1. The summed E-state index contributed by atoms with van der Waals surface area (Å²) in [5, 5.41) is 2.88. The van der Waals surface area contributed by atoms with Crippen LogP contribution < -0.4 is 5.32 Å². The fraction of sp³-hybridized carbons (Fsp3) is 0.533. The smallest absolute Gasteiger partial charge is 0.223 e. The van der Waals surface area contributed by atoms with Crippen LogP contribution in [-0.2, 0) is 16.1 Å². The van der Waals surface area contributed by atoms with Gasteiger partial charge in [0.05, 0.1) is 6.10 Å². The molecule has 1 N–H and O–H groups in total. The van der Waals surface area contributed by atoms with E-state index in [1.54, 1.807) is 13.2 Å². The van der Waals surface area contributed by atoms with Crippen LogP contribution in [-0.4, -0.2) is 19.1 Å². The molecule has 1 aromatic rings. The molecule has 0 unspecified atom stereocenters. The Morgan fingerprint density at radius 3 is 2.74 bits per heavy atom. The first-order valence-corrected chi connectivity index (χ1v) is 6.74. The van der Waals surface area contributed by atoms with Crippen molar-refractivity contribution in [1.82, 2.24) is 5.32 Å². The molecule has 2 rings (SSSR count). The standard InChI is InChI=1S/C15H20FNO2/c1-19-14-7-5-12(6-8-14)15(18)17-10-11-3-2-4-13(16)9-11/h2-4,9,12,14H,5-8,10H2,1H3,(H,17,18). The van der Waals surface area contributed by atoms with Gasteiger partial charge in [-0.15, -0.1) is 0 Å². The van der Waals surface area contributed by atoms with Crippen molar-refractivity contribution in [2.24, 2.45) is 5.92 Å². The highest BCUT2D eigenvalue weighted by molar-refractivity contribution is 5.78. The third-order valence-electron chi connectivity index (χ3n) is 3.73. The molecule has 3 nitrogen and oxygen atoms in total. The summed E-state index contributed by atoms with van der Waals surface area (Å²) in [6.07, 6.45) is 3.91. The SMILES string of the molecule is COC1CCC(C(=O)NCc2cccc(F)c2)CC1. The lowest BCUT2D eigenvalue weighted by molar-refractivity contribution is -0.126. The van der Waals surface area contributed by atoms with Gasteiger partial charge in [-0.3, -0.25) is 4.79 Å². The topological polar surface area (TPSA) is 38.3 Å². The van der Waals surface area contributed by atoms with Crippen molar-refractivity contribution < 1.29 is 13.9 Å². The summed E-state index contributed by atoms with van der Waals surface area (Å²) >= 11 is 0. The fourth-order valence-corrected chi connectivity index (χ4v) is 2.54. The van der Waals surface area contributed by atoms with Crippen molar-refractivity contribution in [1.29, 1.82) is 0 Å². The van der Waals surface area contributed by atoms with E-state index in [1.165, 1.54) is 12.1 Å². The van der Waals surface area contributed by atoms with E-state index in [-0.39, 0.29) is 17.6 Å². The molecule has 1 aliphatic rings. The van der Waals surface area contributed by atoms with E-state index in [0.717, 1.165) is 31.2 Å². The predicted molar refractivity (Wildman–Crippen MR) is 71.0 cm³/mol. The molecule has 1 aliphatic carbocycles. The number of hydrogen-bond acceptors (Lipinski definition) is 2. The van der Waals surface area contributed by atoms with Crippen molar-refractivity contribution >= 4 is 5.91 Å². The van der Waals surface area contributed by atoms with Crippen molar-refractivity contribution in [3.05, 3.63) is 35.6 Å². The van der Waals surface area contributed by atoms with Crippen LogP contribution in [0.25, 0.3) is 0 Å². The molecular formula is C15H20FNO2. The van der Waals surface area contributed by atoms with Gasteiger partial charge in [0.1, 0.15) is 5.82 Å². The van der Waals surface area contributed by atoms with E-state index in [1.807, 2.05) is 6.07 Å². The summed E-state index contributed by atoms with van der Waals surface area (Å²) in [7, 11) is 1.72. The molecule has 1 saturated carbocycles. The third-order valence-corrected chi connectivity index (χ3v) is 3.73. The first kappa shape index (κ1) is 14.0. The van der Waals surface area contributed by atoms with Gasteiger partial charge < -0.3 is 10.1 Å². The first-order chi connectivity index (χ1) is 9.19. The Hall–Kier alpha value is -1.42. The number of carbonyl (C=O) groups excluding carboxylic acids is 1. The molecule has 1 aromatic carbocycles. The maximum Gasteiger partial charge on any atom is 0.223 e. The number of halogens is 1. The average molecular weight is 265 g/mol. The van der Waals surface area contributed by atoms with Crippen LogP contribution in [0.2, 0.25) is 0 Å². The van der Waals surface area contributed by atoms with Crippen molar-refractivity contribution in [3.8, 4) is 0 Å². The zero-order valence-electron chi connectivity index (χ0n) is 11.2. The van der Waals surface area contributed by atoms with Crippen LogP contribution in [0.4, 0.5) is 4.39 Å². The Kier molecular flexibility index (Phi) is 4.91. The molecule has 104 valence electrons. The molecule has 19 heavy (non-hydrogen) atoms. The lowest BCUT2D eigenvalue weighted by Crippen LogP contribution is -2.34. The lowest BCUT2D eigenvalue weighted by Gasteiger charge is -2.26. The summed E-state index contributed by atoms with van der Waals surface area (Å²) in [5.41, 5.74) is 0.791. The van der Waals surface area contributed by atoms with E-state index < -0.39 is 0 Å². The summed E-state index contributed by atoms with van der Waals surface area (Å²) in [6.45, 7) is 0.390. The van der Waals surface area contributed by atoms with Gasteiger partial charge in [0.15, 0.2) is 0 Å². The van der Waals surface area contributed by atoms with Crippen molar-refractivity contribution in [2.45, 2.75) is 38.3 Å².